The molecule has 2 aromatic rings. The van der Waals surface area contributed by atoms with E-state index in [0.717, 1.165) is 37.6 Å². The van der Waals surface area contributed by atoms with Gasteiger partial charge >= 0.3 is 0 Å². The first-order valence-corrected chi connectivity index (χ1v) is 9.69. The number of anilines is 2. The number of nitrogens with zero attached hydrogens (tertiary/aromatic N) is 3. The Morgan fingerprint density at radius 2 is 1.73 bits per heavy atom. The summed E-state index contributed by atoms with van der Waals surface area (Å²) in [6, 6.07) is 11.7. The molecule has 1 N–H and O–H groups in total. The van der Waals surface area contributed by atoms with Crippen molar-refractivity contribution in [2.75, 3.05) is 50.6 Å². The van der Waals surface area contributed by atoms with Gasteiger partial charge in [-0.1, -0.05) is 0 Å². The number of rotatable bonds is 7. The van der Waals surface area contributed by atoms with Crippen LogP contribution >= 0.6 is 0 Å². The third-order valence-electron chi connectivity index (χ3n) is 5.33. The average Bonchev–Trinajstić information content (AvgIpc) is 2.78. The number of carbonyl (C=O) groups is 1. The van der Waals surface area contributed by atoms with Crippen LogP contribution in [0.1, 0.15) is 6.92 Å². The lowest BCUT2D eigenvalue weighted by atomic mass is 10.2. The van der Waals surface area contributed by atoms with Crippen molar-refractivity contribution in [1.29, 1.82) is 0 Å². The fourth-order valence-electron chi connectivity index (χ4n) is 3.46. The first-order chi connectivity index (χ1) is 14.4. The molecule has 1 heterocycles. The third kappa shape index (κ3) is 4.80. The lowest BCUT2D eigenvalue weighted by Crippen LogP contribution is -2.52. The molecule has 0 aromatic heterocycles. The lowest BCUT2D eigenvalue weighted by molar-refractivity contribution is -0.384. The highest BCUT2D eigenvalue weighted by molar-refractivity contribution is 5.96. The summed E-state index contributed by atoms with van der Waals surface area (Å²) in [6.45, 7) is 4.97. The summed E-state index contributed by atoms with van der Waals surface area (Å²) >= 11 is 0. The predicted molar refractivity (Wildman–Crippen MR) is 115 cm³/mol. The van der Waals surface area contributed by atoms with Crippen LogP contribution in [0.15, 0.2) is 42.5 Å². The van der Waals surface area contributed by atoms with Crippen LogP contribution in [0.5, 0.6) is 11.5 Å². The zero-order valence-corrected chi connectivity index (χ0v) is 17.3. The molecule has 30 heavy (non-hydrogen) atoms. The summed E-state index contributed by atoms with van der Waals surface area (Å²) < 4.78 is 10.4. The fraction of sp³-hybridized carbons (Fsp3) is 0.381. The second-order valence-corrected chi connectivity index (χ2v) is 7.03. The van der Waals surface area contributed by atoms with Crippen LogP contribution in [0.25, 0.3) is 0 Å². The van der Waals surface area contributed by atoms with Crippen LogP contribution in [0.4, 0.5) is 17.1 Å². The van der Waals surface area contributed by atoms with E-state index >= 15 is 0 Å². The van der Waals surface area contributed by atoms with Gasteiger partial charge in [-0.2, -0.15) is 0 Å². The molecule has 0 saturated carbocycles. The first kappa shape index (κ1) is 21.4. The van der Waals surface area contributed by atoms with Gasteiger partial charge in [0, 0.05) is 37.9 Å². The van der Waals surface area contributed by atoms with Crippen molar-refractivity contribution in [3.8, 4) is 11.5 Å². The summed E-state index contributed by atoms with van der Waals surface area (Å²) in [7, 11) is 3.06. The van der Waals surface area contributed by atoms with Gasteiger partial charge in [0.15, 0.2) is 0 Å². The molecule has 1 aliphatic heterocycles. The number of nitro groups is 1. The molecule has 160 valence electrons. The van der Waals surface area contributed by atoms with Gasteiger partial charge in [-0.05, 0) is 37.3 Å². The molecule has 1 fully saturated rings. The summed E-state index contributed by atoms with van der Waals surface area (Å²) in [6.07, 6.45) is 0. The number of non-ortho nitro benzene ring substituents is 1. The summed E-state index contributed by atoms with van der Waals surface area (Å²) in [4.78, 5) is 27.6. The van der Waals surface area contributed by atoms with Crippen molar-refractivity contribution in [1.82, 2.24) is 4.90 Å². The molecule has 1 aliphatic rings. The van der Waals surface area contributed by atoms with Crippen LogP contribution in [0, 0.1) is 10.1 Å². The quantitative estimate of drug-likeness (QED) is 0.550. The van der Waals surface area contributed by atoms with Crippen LogP contribution in [0.2, 0.25) is 0 Å². The van der Waals surface area contributed by atoms with Crippen molar-refractivity contribution in [3.63, 3.8) is 0 Å². The Bertz CT molecular complexity index is 895. The second kappa shape index (κ2) is 9.45. The minimum atomic E-state index is -0.501. The maximum absolute atomic E-state index is 12.8. The predicted octanol–water partition coefficient (Wildman–Crippen LogP) is 2.76. The van der Waals surface area contributed by atoms with E-state index in [1.807, 2.05) is 31.2 Å². The number of ether oxygens (including phenoxy) is 2. The number of methoxy groups -OCH3 is 2. The van der Waals surface area contributed by atoms with Crippen LogP contribution < -0.4 is 19.7 Å². The first-order valence-electron chi connectivity index (χ1n) is 9.69. The zero-order valence-electron chi connectivity index (χ0n) is 17.3. The Morgan fingerprint density at radius 1 is 1.07 bits per heavy atom. The van der Waals surface area contributed by atoms with E-state index in [1.54, 1.807) is 7.11 Å². The molecule has 1 atom stereocenters. The minimum absolute atomic E-state index is 0.0902. The highest BCUT2D eigenvalue weighted by Crippen LogP contribution is 2.29. The Morgan fingerprint density at radius 3 is 2.30 bits per heavy atom. The molecule has 0 unspecified atom stereocenters. The smallest absolute Gasteiger partial charge is 0.273 e. The van der Waals surface area contributed by atoms with E-state index in [-0.39, 0.29) is 23.4 Å². The Balaban J connectivity index is 1.58. The average molecular weight is 414 g/mol. The van der Waals surface area contributed by atoms with E-state index in [4.69, 9.17) is 9.47 Å². The molecule has 9 heteroatoms. The van der Waals surface area contributed by atoms with Crippen molar-refractivity contribution in [2.45, 2.75) is 13.0 Å². The Hall–Kier alpha value is -3.33. The molecule has 0 aliphatic carbocycles. The molecule has 3 rings (SSSR count). The molecular weight excluding hydrogens is 388 g/mol. The van der Waals surface area contributed by atoms with E-state index in [9.17, 15) is 14.9 Å². The van der Waals surface area contributed by atoms with Crippen molar-refractivity contribution in [3.05, 3.63) is 52.6 Å². The number of benzene rings is 2. The molecule has 1 amide bonds. The number of amides is 1. The fourth-order valence-corrected chi connectivity index (χ4v) is 3.46. The molecular formula is C21H26N4O5. The van der Waals surface area contributed by atoms with Crippen molar-refractivity contribution >= 4 is 23.0 Å². The van der Waals surface area contributed by atoms with Gasteiger partial charge < -0.3 is 19.7 Å². The number of carbonyl (C=O) groups excluding carboxylic acids is 1. The van der Waals surface area contributed by atoms with Crippen molar-refractivity contribution < 1.29 is 19.2 Å². The SMILES string of the molecule is COc1ccc(N2CCN([C@@H](C)C(=O)Nc3ccc([N+](=O)[O-])cc3OC)CC2)cc1. The number of hydrogen-bond donors (Lipinski definition) is 1. The van der Waals surface area contributed by atoms with Gasteiger partial charge in [0.2, 0.25) is 5.91 Å². The summed E-state index contributed by atoms with van der Waals surface area (Å²) in [5.74, 6) is 0.901. The van der Waals surface area contributed by atoms with Gasteiger partial charge in [0.1, 0.15) is 11.5 Å². The van der Waals surface area contributed by atoms with Crippen LogP contribution in [-0.2, 0) is 4.79 Å². The molecule has 0 spiro atoms. The number of nitrogens with one attached hydrogen (secondary N) is 1. The van der Waals surface area contributed by atoms with Gasteiger partial charge in [0.05, 0.1) is 36.9 Å². The molecule has 9 nitrogen and oxygen atoms in total. The molecule has 1 saturated heterocycles. The van der Waals surface area contributed by atoms with E-state index in [2.05, 4.69) is 15.1 Å². The largest absolute Gasteiger partial charge is 0.497 e. The molecule has 0 bridgehead atoms. The van der Waals surface area contributed by atoms with Gasteiger partial charge in [-0.3, -0.25) is 19.8 Å². The highest BCUT2D eigenvalue weighted by Gasteiger charge is 2.26. The van der Waals surface area contributed by atoms with Gasteiger partial charge in [-0.25, -0.2) is 0 Å². The monoisotopic (exact) mass is 414 g/mol. The molecule has 2 aromatic carbocycles. The van der Waals surface area contributed by atoms with Crippen LogP contribution in [-0.4, -0.2) is 62.2 Å². The van der Waals surface area contributed by atoms with Crippen LogP contribution in [0.3, 0.4) is 0 Å². The third-order valence-corrected chi connectivity index (χ3v) is 5.33. The highest BCUT2D eigenvalue weighted by atomic mass is 16.6. The van der Waals surface area contributed by atoms with Crippen molar-refractivity contribution in [2.24, 2.45) is 0 Å². The topological polar surface area (TPSA) is 97.2 Å². The minimum Gasteiger partial charge on any atom is -0.497 e. The normalized spacial score (nSPS) is 15.4. The maximum atomic E-state index is 12.8. The number of hydrogen-bond acceptors (Lipinski definition) is 7. The molecule has 0 radical (unpaired) electrons. The number of piperazine rings is 1. The van der Waals surface area contributed by atoms with E-state index in [1.165, 1.54) is 25.3 Å². The Kier molecular flexibility index (Phi) is 6.73. The lowest BCUT2D eigenvalue weighted by Gasteiger charge is -2.38. The summed E-state index contributed by atoms with van der Waals surface area (Å²) in [5, 5.41) is 13.7. The number of nitro benzene ring substituents is 1. The second-order valence-electron chi connectivity index (χ2n) is 7.03. The summed E-state index contributed by atoms with van der Waals surface area (Å²) in [5.41, 5.74) is 1.45. The maximum Gasteiger partial charge on any atom is 0.273 e. The van der Waals surface area contributed by atoms with Gasteiger partial charge in [0.25, 0.3) is 5.69 Å². The van der Waals surface area contributed by atoms with Gasteiger partial charge in [-0.15, -0.1) is 0 Å². The zero-order chi connectivity index (χ0) is 21.7. The van der Waals surface area contributed by atoms with E-state index < -0.39 is 4.92 Å². The van der Waals surface area contributed by atoms with E-state index in [0.29, 0.717) is 5.69 Å². The Labute approximate surface area is 175 Å². The standard InChI is InChI=1S/C21H26N4O5/c1-15(21(26)22-19-9-6-17(25(27)28)14-20(19)30-3)23-10-12-24(13-11-23)16-4-7-18(29-2)8-5-16/h4-9,14-15H,10-13H2,1-3H3,(H,22,26)/t15-/m0/s1.